The Morgan fingerprint density at radius 2 is 1.42 bits per heavy atom. The van der Waals surface area contributed by atoms with Crippen molar-refractivity contribution in [2.45, 2.75) is 201 Å². The number of hydrogen-bond donors (Lipinski definition) is 5. The number of aliphatic hydroxyl groups excluding tert-OH is 5. The van der Waals surface area contributed by atoms with Gasteiger partial charge in [-0.2, -0.15) is 0 Å². The van der Waals surface area contributed by atoms with Gasteiger partial charge in [-0.25, -0.2) is 0 Å². The van der Waals surface area contributed by atoms with Crippen LogP contribution < -0.4 is 9.47 Å². The van der Waals surface area contributed by atoms with E-state index in [4.69, 9.17) is 28.4 Å². The molecule has 340 valence electrons. The number of carbonyl (C=O) groups excluding carboxylic acids is 1. The first-order valence-corrected chi connectivity index (χ1v) is 22.7. The van der Waals surface area contributed by atoms with E-state index in [1.807, 2.05) is 13.8 Å². The molecule has 0 saturated carbocycles. The molecular weight excluding hydrogens is 757 g/mol. The Labute approximate surface area is 354 Å². The highest BCUT2D eigenvalue weighted by atomic mass is 16.7. The molecule has 0 amide bonds. The standard InChI is InChI=1S/C47H80O12/c1-27(2)14-11-15-28(3)16-12-17-29(4)18-13-21-47(10)22-19-36-32(7)41(30(5)31(6)42(36)59-47)55-26-35(50)20-23-54-43-34(9)45(53)56-38(25-49)44(43)58-46-33(8)39(51)40(52)37(24-48)57-46/h27-29,33-34,37-40,43-46,48-49,51-53H,11-26H2,1-10H3/t28-,29-,33?,34?,37?,38?,39+,40-,43+,44-,45?,46-,47-/m0/s1. The summed E-state index contributed by atoms with van der Waals surface area (Å²) < 4.78 is 36.8. The number of ketones is 1. The average molecular weight is 837 g/mol. The minimum atomic E-state index is -1.30. The van der Waals surface area contributed by atoms with Crippen LogP contribution in [0.25, 0.3) is 0 Å². The van der Waals surface area contributed by atoms with Gasteiger partial charge in [-0.05, 0) is 87.8 Å². The van der Waals surface area contributed by atoms with E-state index in [2.05, 4.69) is 41.5 Å². The number of Topliss-reactive ketones (excluding diaryl/α,β-unsaturated/α-hetero) is 1. The van der Waals surface area contributed by atoms with E-state index in [0.29, 0.717) is 5.75 Å². The molecule has 5 unspecified atom stereocenters. The molecule has 1 aromatic rings. The maximum atomic E-state index is 13.2. The zero-order valence-electron chi connectivity index (χ0n) is 37.9. The summed E-state index contributed by atoms with van der Waals surface area (Å²) in [7, 11) is 0. The van der Waals surface area contributed by atoms with E-state index in [9.17, 15) is 30.3 Å². The number of aliphatic hydroxyl groups is 5. The van der Waals surface area contributed by atoms with Crippen LogP contribution in [0.3, 0.4) is 0 Å². The van der Waals surface area contributed by atoms with Gasteiger partial charge in [0.05, 0.1) is 32.0 Å². The summed E-state index contributed by atoms with van der Waals surface area (Å²) in [5.74, 6) is 2.54. The van der Waals surface area contributed by atoms with Crippen LogP contribution in [0.2, 0.25) is 0 Å². The summed E-state index contributed by atoms with van der Waals surface area (Å²) in [4.78, 5) is 13.2. The van der Waals surface area contributed by atoms with Gasteiger partial charge in [0.1, 0.15) is 48.1 Å². The fourth-order valence-corrected chi connectivity index (χ4v) is 9.15. The van der Waals surface area contributed by atoms with E-state index < -0.39 is 74.3 Å². The SMILES string of the molecule is Cc1c(C)c2c(c(C)c1OCC(=O)CCO[C@@H]1C(C)C(O)OC(CO)[C@@H]1O[C@@H]1OC(CO)[C@H](O)[C@H](O)C1C)CC[C@](C)(CCC[C@@H](C)CCC[C@@H](C)CCCC(C)C)O2. The van der Waals surface area contributed by atoms with Gasteiger partial charge in [0, 0.05) is 23.8 Å². The van der Waals surface area contributed by atoms with Crippen molar-refractivity contribution in [3.8, 4) is 11.5 Å². The summed E-state index contributed by atoms with van der Waals surface area (Å²) in [6.07, 6.45) is 4.52. The lowest BCUT2D eigenvalue weighted by Crippen LogP contribution is -2.61. The molecule has 0 aliphatic carbocycles. The van der Waals surface area contributed by atoms with Crippen LogP contribution in [0.4, 0.5) is 0 Å². The molecule has 0 spiro atoms. The maximum Gasteiger partial charge on any atom is 0.172 e. The van der Waals surface area contributed by atoms with Crippen LogP contribution in [0.5, 0.6) is 11.5 Å². The van der Waals surface area contributed by atoms with Gasteiger partial charge in [-0.15, -0.1) is 0 Å². The Balaban J connectivity index is 1.28. The van der Waals surface area contributed by atoms with E-state index >= 15 is 0 Å². The Morgan fingerprint density at radius 3 is 2.05 bits per heavy atom. The van der Waals surface area contributed by atoms with Crippen molar-refractivity contribution in [2.24, 2.45) is 29.6 Å². The van der Waals surface area contributed by atoms with Crippen molar-refractivity contribution in [3.05, 3.63) is 22.3 Å². The second-order valence-corrected chi connectivity index (χ2v) is 19.1. The maximum absolute atomic E-state index is 13.2. The van der Waals surface area contributed by atoms with Crippen LogP contribution in [0.15, 0.2) is 0 Å². The molecule has 3 aliphatic heterocycles. The van der Waals surface area contributed by atoms with Crippen molar-refractivity contribution >= 4 is 5.78 Å². The molecule has 2 saturated heterocycles. The zero-order valence-corrected chi connectivity index (χ0v) is 37.9. The van der Waals surface area contributed by atoms with Gasteiger partial charge in [0.2, 0.25) is 0 Å². The molecule has 0 radical (unpaired) electrons. The number of ether oxygens (including phenoxy) is 6. The highest BCUT2D eigenvalue weighted by Crippen LogP contribution is 2.45. The van der Waals surface area contributed by atoms with E-state index in [1.165, 1.54) is 44.9 Å². The highest BCUT2D eigenvalue weighted by Gasteiger charge is 2.49. The first-order valence-electron chi connectivity index (χ1n) is 22.7. The molecule has 4 rings (SSSR count). The Hall–Kier alpha value is -1.87. The molecule has 12 nitrogen and oxygen atoms in total. The molecule has 3 aliphatic rings. The quantitative estimate of drug-likeness (QED) is 0.0795. The van der Waals surface area contributed by atoms with Gasteiger partial charge < -0.3 is 54.0 Å². The molecule has 1 aromatic carbocycles. The van der Waals surface area contributed by atoms with Gasteiger partial charge in [0.15, 0.2) is 18.4 Å². The smallest absolute Gasteiger partial charge is 0.172 e. The van der Waals surface area contributed by atoms with Crippen LogP contribution >= 0.6 is 0 Å². The minimum absolute atomic E-state index is 0.00619. The lowest BCUT2D eigenvalue weighted by atomic mass is 9.83. The number of carbonyl (C=O) groups is 1. The largest absolute Gasteiger partial charge is 0.487 e. The van der Waals surface area contributed by atoms with Gasteiger partial charge in [-0.3, -0.25) is 4.79 Å². The topological polar surface area (TPSA) is 174 Å². The lowest BCUT2D eigenvalue weighted by molar-refractivity contribution is -0.343. The number of fused-ring (bicyclic) bond motifs is 1. The Kier molecular flexibility index (Phi) is 19.4. The predicted octanol–water partition coefficient (Wildman–Crippen LogP) is 6.66. The molecule has 0 aromatic heterocycles. The van der Waals surface area contributed by atoms with E-state index in [0.717, 1.165) is 71.4 Å². The van der Waals surface area contributed by atoms with Crippen molar-refractivity contribution in [3.63, 3.8) is 0 Å². The van der Waals surface area contributed by atoms with Crippen LogP contribution in [0, 0.1) is 50.4 Å². The molecular formula is C47H80O12. The van der Waals surface area contributed by atoms with Gasteiger partial charge >= 0.3 is 0 Å². The fraction of sp³-hybridized carbons (Fsp3) is 0.851. The summed E-state index contributed by atoms with van der Waals surface area (Å²) in [6.45, 7) is 20.0. The lowest BCUT2D eigenvalue weighted by Gasteiger charge is -2.47. The Morgan fingerprint density at radius 1 is 0.797 bits per heavy atom. The van der Waals surface area contributed by atoms with Crippen molar-refractivity contribution < 1.29 is 58.7 Å². The second kappa shape index (κ2) is 23.0. The van der Waals surface area contributed by atoms with Crippen LogP contribution in [-0.4, -0.2) is 113 Å². The van der Waals surface area contributed by atoms with Crippen LogP contribution in [-0.2, 0) is 30.2 Å². The number of benzene rings is 1. The summed E-state index contributed by atoms with van der Waals surface area (Å²) in [6, 6.07) is 0. The van der Waals surface area contributed by atoms with E-state index in [-0.39, 0.29) is 31.0 Å². The summed E-state index contributed by atoms with van der Waals surface area (Å²) in [5.41, 5.74) is 3.93. The third-order valence-corrected chi connectivity index (χ3v) is 13.5. The molecule has 5 N–H and O–H groups in total. The second-order valence-electron chi connectivity index (χ2n) is 19.1. The molecule has 59 heavy (non-hydrogen) atoms. The predicted molar refractivity (Wildman–Crippen MR) is 227 cm³/mol. The van der Waals surface area contributed by atoms with Gasteiger partial charge in [0.25, 0.3) is 0 Å². The average Bonchev–Trinajstić information content (AvgIpc) is 3.19. The number of rotatable bonds is 23. The first kappa shape index (κ1) is 49.8. The summed E-state index contributed by atoms with van der Waals surface area (Å²) >= 11 is 0. The van der Waals surface area contributed by atoms with Gasteiger partial charge in [-0.1, -0.05) is 86.5 Å². The zero-order chi connectivity index (χ0) is 43.6. The van der Waals surface area contributed by atoms with Crippen molar-refractivity contribution in [1.82, 2.24) is 0 Å². The summed E-state index contributed by atoms with van der Waals surface area (Å²) in [5, 5.41) is 51.3. The molecule has 0 bridgehead atoms. The molecule has 13 atom stereocenters. The third kappa shape index (κ3) is 13.3. The van der Waals surface area contributed by atoms with Crippen molar-refractivity contribution in [2.75, 3.05) is 26.4 Å². The number of hydrogen-bond acceptors (Lipinski definition) is 12. The highest BCUT2D eigenvalue weighted by molar-refractivity contribution is 5.80. The van der Waals surface area contributed by atoms with Crippen LogP contribution in [0.1, 0.15) is 141 Å². The fourth-order valence-electron chi connectivity index (χ4n) is 9.15. The third-order valence-electron chi connectivity index (χ3n) is 13.5. The molecule has 2 fully saturated rings. The molecule has 12 heteroatoms. The first-order chi connectivity index (χ1) is 27.9. The monoisotopic (exact) mass is 837 g/mol. The Bertz CT molecular complexity index is 1450. The molecule has 3 heterocycles. The van der Waals surface area contributed by atoms with Crippen molar-refractivity contribution in [1.29, 1.82) is 0 Å². The van der Waals surface area contributed by atoms with E-state index in [1.54, 1.807) is 13.8 Å². The minimum Gasteiger partial charge on any atom is -0.487 e. The normalized spacial score (nSPS) is 32.1.